The molecular formula is C8H9ClFN. The molecule has 0 aliphatic carbocycles. The maximum Gasteiger partial charge on any atom is 0.126 e. The second-order valence-corrected chi connectivity index (χ2v) is 2.54. The Hall–Kier alpha value is -0.760. The molecule has 0 amide bonds. The first-order valence-electron chi connectivity index (χ1n) is 3.30. The average molecular weight is 174 g/mol. The molecule has 0 saturated heterocycles. The Bertz CT molecular complexity index is 250. The first-order chi connectivity index (χ1) is 5.24. The van der Waals surface area contributed by atoms with E-state index in [1.165, 1.54) is 6.07 Å². The van der Waals surface area contributed by atoms with Gasteiger partial charge >= 0.3 is 0 Å². The fraction of sp³-hybridized carbons (Fsp3) is 0.250. The molecule has 3 heteroatoms. The van der Waals surface area contributed by atoms with Crippen molar-refractivity contribution in [2.75, 3.05) is 11.3 Å². The topological polar surface area (TPSA) is 12.0 Å². The van der Waals surface area contributed by atoms with E-state index < -0.39 is 0 Å². The molecule has 0 aliphatic rings. The minimum absolute atomic E-state index is 0.190. The smallest absolute Gasteiger partial charge is 0.126 e. The lowest BCUT2D eigenvalue weighted by molar-refractivity contribution is 0.619. The number of benzene rings is 1. The van der Waals surface area contributed by atoms with Crippen molar-refractivity contribution in [2.24, 2.45) is 0 Å². The van der Waals surface area contributed by atoms with Crippen molar-refractivity contribution in [1.29, 1.82) is 0 Å². The van der Waals surface area contributed by atoms with Crippen molar-refractivity contribution in [2.45, 2.75) is 6.92 Å². The van der Waals surface area contributed by atoms with Crippen LogP contribution < -0.4 is 5.32 Å². The number of aryl methyl sites for hydroxylation is 1. The van der Waals surface area contributed by atoms with E-state index in [9.17, 15) is 4.39 Å². The summed E-state index contributed by atoms with van der Waals surface area (Å²) in [5.41, 5.74) is 1.47. The third-order valence-corrected chi connectivity index (χ3v) is 1.56. The zero-order valence-electron chi connectivity index (χ0n) is 6.20. The lowest BCUT2D eigenvalue weighted by Gasteiger charge is -2.02. The zero-order chi connectivity index (χ0) is 8.27. The third kappa shape index (κ3) is 2.09. The molecule has 0 aliphatic heterocycles. The summed E-state index contributed by atoms with van der Waals surface area (Å²) < 4.78 is 12.7. The predicted octanol–water partition coefficient (Wildman–Crippen LogP) is 2.74. The summed E-state index contributed by atoms with van der Waals surface area (Å²) in [7, 11) is 0. The highest BCUT2D eigenvalue weighted by Crippen LogP contribution is 2.13. The molecule has 0 saturated carbocycles. The first kappa shape index (κ1) is 8.34. The van der Waals surface area contributed by atoms with Crippen LogP contribution in [0.3, 0.4) is 0 Å². The molecule has 1 rings (SSSR count). The zero-order valence-corrected chi connectivity index (χ0v) is 6.95. The fourth-order valence-corrected chi connectivity index (χ4v) is 0.986. The molecule has 1 aromatic rings. The van der Waals surface area contributed by atoms with Crippen LogP contribution in [0.25, 0.3) is 0 Å². The van der Waals surface area contributed by atoms with Crippen molar-refractivity contribution in [1.82, 2.24) is 0 Å². The van der Waals surface area contributed by atoms with Crippen LogP contribution in [-0.2, 0) is 0 Å². The number of anilines is 1. The van der Waals surface area contributed by atoms with Crippen LogP contribution in [-0.4, -0.2) is 6.00 Å². The van der Waals surface area contributed by atoms with E-state index >= 15 is 0 Å². The minimum Gasteiger partial charge on any atom is -0.372 e. The van der Waals surface area contributed by atoms with Crippen LogP contribution >= 0.6 is 11.6 Å². The Labute approximate surface area is 70.2 Å². The lowest BCUT2D eigenvalue weighted by atomic mass is 10.2. The van der Waals surface area contributed by atoms with Crippen molar-refractivity contribution in [3.8, 4) is 0 Å². The Kier molecular flexibility index (Phi) is 2.71. The Morgan fingerprint density at radius 3 is 2.82 bits per heavy atom. The van der Waals surface area contributed by atoms with Crippen LogP contribution in [0.1, 0.15) is 5.56 Å². The maximum atomic E-state index is 12.7. The summed E-state index contributed by atoms with van der Waals surface area (Å²) in [6.45, 7) is 1.72. The van der Waals surface area contributed by atoms with Crippen molar-refractivity contribution < 1.29 is 4.39 Å². The van der Waals surface area contributed by atoms with Gasteiger partial charge in [-0.1, -0.05) is 0 Å². The van der Waals surface area contributed by atoms with Gasteiger partial charge in [0.25, 0.3) is 0 Å². The highest BCUT2D eigenvalue weighted by atomic mass is 35.5. The highest BCUT2D eigenvalue weighted by Gasteiger charge is 1.96. The molecule has 0 bridgehead atoms. The molecular weight excluding hydrogens is 165 g/mol. The van der Waals surface area contributed by atoms with E-state index in [-0.39, 0.29) is 5.82 Å². The molecule has 1 N–H and O–H groups in total. The molecule has 1 nitrogen and oxygen atoms in total. The van der Waals surface area contributed by atoms with E-state index in [0.29, 0.717) is 11.6 Å². The highest BCUT2D eigenvalue weighted by molar-refractivity contribution is 6.18. The van der Waals surface area contributed by atoms with E-state index in [4.69, 9.17) is 11.6 Å². The molecule has 60 valence electrons. The van der Waals surface area contributed by atoms with Gasteiger partial charge in [-0.2, -0.15) is 0 Å². The largest absolute Gasteiger partial charge is 0.372 e. The monoisotopic (exact) mass is 173 g/mol. The van der Waals surface area contributed by atoms with Gasteiger partial charge < -0.3 is 5.32 Å². The van der Waals surface area contributed by atoms with E-state index in [2.05, 4.69) is 5.32 Å². The summed E-state index contributed by atoms with van der Waals surface area (Å²) in [6.07, 6.45) is 0. The van der Waals surface area contributed by atoms with Crippen molar-refractivity contribution in [3.63, 3.8) is 0 Å². The predicted molar refractivity (Wildman–Crippen MR) is 45.5 cm³/mol. The van der Waals surface area contributed by atoms with Gasteiger partial charge in [-0.3, -0.25) is 0 Å². The third-order valence-electron chi connectivity index (χ3n) is 1.43. The van der Waals surface area contributed by atoms with Crippen molar-refractivity contribution in [3.05, 3.63) is 29.6 Å². The van der Waals surface area contributed by atoms with Crippen LogP contribution in [0.4, 0.5) is 10.1 Å². The van der Waals surface area contributed by atoms with Gasteiger partial charge in [-0.05, 0) is 30.7 Å². The summed E-state index contributed by atoms with van der Waals surface area (Å²) >= 11 is 5.42. The molecule has 0 unspecified atom stereocenters. The van der Waals surface area contributed by atoms with Crippen molar-refractivity contribution >= 4 is 17.3 Å². The lowest BCUT2D eigenvalue weighted by Crippen LogP contribution is -1.94. The van der Waals surface area contributed by atoms with Crippen LogP contribution in [0.5, 0.6) is 0 Å². The summed E-state index contributed by atoms with van der Waals surface area (Å²) in [5.74, 6) is -0.190. The maximum absolute atomic E-state index is 12.7. The average Bonchev–Trinajstić information content (AvgIpc) is 1.98. The fourth-order valence-electron chi connectivity index (χ4n) is 0.832. The van der Waals surface area contributed by atoms with E-state index in [1.807, 2.05) is 0 Å². The number of nitrogens with one attached hydrogen (secondary N) is 1. The van der Waals surface area contributed by atoms with Gasteiger partial charge in [-0.15, -0.1) is 11.6 Å². The number of hydrogen-bond acceptors (Lipinski definition) is 1. The molecule has 0 atom stereocenters. The summed E-state index contributed by atoms with van der Waals surface area (Å²) in [5, 5.41) is 2.87. The Morgan fingerprint density at radius 2 is 2.27 bits per heavy atom. The SMILES string of the molecule is Cc1cc(NCCl)ccc1F. The van der Waals surface area contributed by atoms with Gasteiger partial charge in [-0.25, -0.2) is 4.39 Å². The second-order valence-electron chi connectivity index (χ2n) is 2.27. The molecule has 0 aromatic heterocycles. The van der Waals surface area contributed by atoms with E-state index in [1.54, 1.807) is 19.1 Å². The van der Waals surface area contributed by atoms with Gasteiger partial charge in [0, 0.05) is 5.69 Å². The van der Waals surface area contributed by atoms with Gasteiger partial charge in [0.2, 0.25) is 0 Å². The minimum atomic E-state index is -0.190. The van der Waals surface area contributed by atoms with Gasteiger partial charge in [0.1, 0.15) is 5.82 Å². The first-order valence-corrected chi connectivity index (χ1v) is 3.83. The number of halogens is 2. The number of rotatable bonds is 2. The summed E-state index contributed by atoms with van der Waals surface area (Å²) in [4.78, 5) is 0. The van der Waals surface area contributed by atoms with Crippen LogP contribution in [0.2, 0.25) is 0 Å². The van der Waals surface area contributed by atoms with E-state index in [0.717, 1.165) is 5.69 Å². The second kappa shape index (κ2) is 3.58. The van der Waals surface area contributed by atoms with Crippen LogP contribution in [0, 0.1) is 12.7 Å². The normalized spacial score (nSPS) is 9.73. The van der Waals surface area contributed by atoms with Gasteiger partial charge in [0.15, 0.2) is 0 Å². The Morgan fingerprint density at radius 1 is 1.55 bits per heavy atom. The number of hydrogen-bond donors (Lipinski definition) is 1. The molecule has 1 aromatic carbocycles. The van der Waals surface area contributed by atoms with Crippen LogP contribution in [0.15, 0.2) is 18.2 Å². The summed E-state index contributed by atoms with van der Waals surface area (Å²) in [6, 6.07) is 5.14. The Balaban J connectivity index is 2.86. The molecule has 0 fully saturated rings. The standard InChI is InChI=1S/C8H9ClFN/c1-6-4-7(11-5-9)2-3-8(6)10/h2-4,11H,5H2,1H3. The quantitative estimate of drug-likeness (QED) is 0.536. The molecule has 0 spiro atoms. The number of alkyl halides is 1. The molecule has 0 heterocycles. The molecule has 11 heavy (non-hydrogen) atoms. The van der Waals surface area contributed by atoms with Gasteiger partial charge in [0.05, 0.1) is 6.00 Å². The molecule has 0 radical (unpaired) electrons.